The first-order valence-corrected chi connectivity index (χ1v) is 5.85. The van der Waals surface area contributed by atoms with Crippen LogP contribution in [0.5, 0.6) is 0 Å². The molecule has 3 N–H and O–H groups in total. The van der Waals surface area contributed by atoms with Gasteiger partial charge in [0.2, 0.25) is 6.23 Å². The van der Waals surface area contributed by atoms with Gasteiger partial charge in [-0.1, -0.05) is 17.7 Å². The monoisotopic (exact) mass is 287 g/mol. The highest BCUT2D eigenvalue weighted by Gasteiger charge is 2.29. The highest BCUT2D eigenvalue weighted by molar-refractivity contribution is 6.30. The third kappa shape index (κ3) is 3.19. The van der Waals surface area contributed by atoms with Crippen molar-refractivity contribution >= 4 is 23.5 Å². The topological polar surface area (TPSA) is 81.7 Å². The molecule has 0 saturated carbocycles. The number of carbonyl (C=O) groups excluding carboxylic acids is 2. The minimum Gasteiger partial charge on any atom is -0.369 e. The Hall–Kier alpha value is -1.70. The maximum absolute atomic E-state index is 13.0. The molecule has 1 aliphatic rings. The van der Waals surface area contributed by atoms with Gasteiger partial charge in [0.15, 0.2) is 0 Å². The lowest BCUT2D eigenvalue weighted by Crippen LogP contribution is -2.64. The zero-order valence-corrected chi connectivity index (χ0v) is 10.4. The number of aliphatic hydroxyl groups excluding tert-OH is 1. The Bertz CT molecular complexity index is 526. The van der Waals surface area contributed by atoms with E-state index in [9.17, 15) is 19.1 Å². The first-order chi connectivity index (χ1) is 8.97. The molecule has 0 bridgehead atoms. The molecule has 1 unspecified atom stereocenters. The third-order valence-electron chi connectivity index (χ3n) is 2.61. The number of aliphatic hydroxyl groups is 1. The van der Waals surface area contributed by atoms with E-state index in [-0.39, 0.29) is 11.6 Å². The SMILES string of the molecule is O=C1NC(=O)N(CCc2ccc(F)c(Cl)c2)NC1O. The van der Waals surface area contributed by atoms with Crippen molar-refractivity contribution in [3.8, 4) is 0 Å². The maximum atomic E-state index is 13.0. The fourth-order valence-corrected chi connectivity index (χ4v) is 1.81. The molecular weight excluding hydrogens is 277 g/mol. The Kier molecular flexibility index (Phi) is 3.98. The predicted molar refractivity (Wildman–Crippen MR) is 64.5 cm³/mol. The average Bonchev–Trinajstić information content (AvgIpc) is 2.36. The second-order valence-electron chi connectivity index (χ2n) is 3.98. The fraction of sp³-hybridized carbons (Fsp3) is 0.273. The second-order valence-corrected chi connectivity index (χ2v) is 4.38. The van der Waals surface area contributed by atoms with Crippen LogP contribution in [0.3, 0.4) is 0 Å². The Morgan fingerprint density at radius 3 is 2.84 bits per heavy atom. The third-order valence-corrected chi connectivity index (χ3v) is 2.90. The van der Waals surface area contributed by atoms with E-state index in [1.807, 2.05) is 5.32 Å². The number of urea groups is 1. The van der Waals surface area contributed by atoms with Crippen LogP contribution in [0.15, 0.2) is 18.2 Å². The zero-order chi connectivity index (χ0) is 14.0. The second kappa shape index (κ2) is 5.52. The largest absolute Gasteiger partial charge is 0.369 e. The summed E-state index contributed by atoms with van der Waals surface area (Å²) in [6, 6.07) is 3.59. The zero-order valence-electron chi connectivity index (χ0n) is 9.69. The van der Waals surface area contributed by atoms with Gasteiger partial charge in [0, 0.05) is 6.54 Å². The Morgan fingerprint density at radius 1 is 1.42 bits per heavy atom. The van der Waals surface area contributed by atoms with Gasteiger partial charge in [-0.05, 0) is 24.1 Å². The molecule has 1 fully saturated rings. The highest BCUT2D eigenvalue weighted by atomic mass is 35.5. The van der Waals surface area contributed by atoms with Crippen molar-refractivity contribution in [2.75, 3.05) is 6.54 Å². The van der Waals surface area contributed by atoms with Gasteiger partial charge in [-0.15, -0.1) is 0 Å². The molecule has 1 atom stereocenters. The summed E-state index contributed by atoms with van der Waals surface area (Å²) in [5.74, 6) is -1.31. The maximum Gasteiger partial charge on any atom is 0.338 e. The summed E-state index contributed by atoms with van der Waals surface area (Å²) >= 11 is 5.64. The lowest BCUT2D eigenvalue weighted by atomic mass is 10.1. The number of rotatable bonds is 3. The molecule has 0 aromatic heterocycles. The number of benzene rings is 1. The van der Waals surface area contributed by atoms with Gasteiger partial charge in [-0.25, -0.2) is 9.18 Å². The summed E-state index contributed by atoms with van der Waals surface area (Å²) in [4.78, 5) is 22.4. The Balaban J connectivity index is 1.96. The van der Waals surface area contributed by atoms with Crippen molar-refractivity contribution in [2.45, 2.75) is 12.6 Å². The molecule has 1 aliphatic heterocycles. The van der Waals surface area contributed by atoms with E-state index in [1.54, 1.807) is 6.07 Å². The van der Waals surface area contributed by atoms with E-state index >= 15 is 0 Å². The van der Waals surface area contributed by atoms with E-state index in [2.05, 4.69) is 5.43 Å². The molecular formula is C11H11ClFN3O3. The van der Waals surface area contributed by atoms with Crippen LogP contribution in [0.2, 0.25) is 5.02 Å². The van der Waals surface area contributed by atoms with Crippen LogP contribution in [0.25, 0.3) is 0 Å². The number of imide groups is 1. The lowest BCUT2D eigenvalue weighted by Gasteiger charge is -2.30. The number of amides is 3. The van der Waals surface area contributed by atoms with Crippen molar-refractivity contribution in [2.24, 2.45) is 0 Å². The molecule has 2 rings (SSSR count). The van der Waals surface area contributed by atoms with Gasteiger partial charge in [0.1, 0.15) is 5.82 Å². The average molecular weight is 288 g/mol. The molecule has 6 nitrogen and oxygen atoms in total. The van der Waals surface area contributed by atoms with E-state index in [4.69, 9.17) is 11.6 Å². The highest BCUT2D eigenvalue weighted by Crippen LogP contribution is 2.16. The minimum absolute atomic E-state index is 0.00349. The van der Waals surface area contributed by atoms with Crippen molar-refractivity contribution in [3.05, 3.63) is 34.6 Å². The number of nitrogens with zero attached hydrogens (tertiary/aromatic N) is 1. The minimum atomic E-state index is -1.46. The number of halogens is 2. The molecule has 1 aromatic carbocycles. The van der Waals surface area contributed by atoms with Gasteiger partial charge in [-0.2, -0.15) is 5.43 Å². The smallest absolute Gasteiger partial charge is 0.338 e. The number of hydrogen-bond acceptors (Lipinski definition) is 4. The molecule has 1 saturated heterocycles. The quantitative estimate of drug-likeness (QED) is 0.751. The number of nitrogens with one attached hydrogen (secondary N) is 2. The molecule has 1 heterocycles. The summed E-state index contributed by atoms with van der Waals surface area (Å²) in [6.07, 6.45) is -1.07. The number of carbonyl (C=O) groups is 2. The van der Waals surface area contributed by atoms with Crippen LogP contribution >= 0.6 is 11.6 Å². The van der Waals surface area contributed by atoms with Crippen molar-refractivity contribution in [3.63, 3.8) is 0 Å². The van der Waals surface area contributed by atoms with Crippen molar-refractivity contribution < 1.29 is 19.1 Å². The standard InChI is InChI=1S/C11H11ClFN3O3/c12-7-5-6(1-2-8(7)13)3-4-16-11(19)14-9(17)10(18)15-16/h1-2,5,10,15,18H,3-4H2,(H,14,17,19). The summed E-state index contributed by atoms with van der Waals surface area (Å²) < 4.78 is 13.0. The van der Waals surface area contributed by atoms with Crippen LogP contribution in [0.1, 0.15) is 5.56 Å². The van der Waals surface area contributed by atoms with Gasteiger partial charge in [-0.3, -0.25) is 15.1 Å². The predicted octanol–water partition coefficient (Wildman–Crippen LogP) is 0.396. The molecule has 3 amide bonds. The van der Waals surface area contributed by atoms with Crippen LogP contribution in [0, 0.1) is 5.82 Å². The summed E-state index contributed by atoms with van der Waals surface area (Å²) in [6.45, 7) is 0.193. The van der Waals surface area contributed by atoms with Crippen molar-refractivity contribution in [1.82, 2.24) is 15.8 Å². The molecule has 0 aliphatic carbocycles. The van der Waals surface area contributed by atoms with E-state index in [0.29, 0.717) is 6.42 Å². The molecule has 102 valence electrons. The van der Waals surface area contributed by atoms with Gasteiger partial charge >= 0.3 is 6.03 Å². The first kappa shape index (κ1) is 13.7. The summed E-state index contributed by atoms with van der Waals surface area (Å²) in [5, 5.41) is 12.3. The summed E-state index contributed by atoms with van der Waals surface area (Å²) in [7, 11) is 0. The van der Waals surface area contributed by atoms with Crippen LogP contribution in [-0.4, -0.2) is 34.8 Å². The van der Waals surface area contributed by atoms with E-state index in [1.165, 1.54) is 12.1 Å². The molecule has 19 heavy (non-hydrogen) atoms. The molecule has 0 spiro atoms. The Morgan fingerprint density at radius 2 is 2.16 bits per heavy atom. The van der Waals surface area contributed by atoms with Crippen LogP contribution in [-0.2, 0) is 11.2 Å². The van der Waals surface area contributed by atoms with E-state index < -0.39 is 24.0 Å². The fourth-order valence-electron chi connectivity index (χ4n) is 1.61. The molecule has 1 aromatic rings. The lowest BCUT2D eigenvalue weighted by molar-refractivity contribution is -0.135. The molecule has 8 heteroatoms. The normalized spacial score (nSPS) is 19.5. The first-order valence-electron chi connectivity index (χ1n) is 5.48. The van der Waals surface area contributed by atoms with Crippen molar-refractivity contribution in [1.29, 1.82) is 0 Å². The summed E-state index contributed by atoms with van der Waals surface area (Å²) in [5.41, 5.74) is 3.06. The van der Waals surface area contributed by atoms with Gasteiger partial charge in [0.25, 0.3) is 5.91 Å². The van der Waals surface area contributed by atoms with Gasteiger partial charge in [0.05, 0.1) is 5.02 Å². The Labute approximate surface area is 113 Å². The van der Waals surface area contributed by atoms with Crippen LogP contribution < -0.4 is 10.7 Å². The molecule has 0 radical (unpaired) electrons. The number of hydrogen-bond donors (Lipinski definition) is 3. The van der Waals surface area contributed by atoms with Gasteiger partial charge < -0.3 is 5.11 Å². The number of hydrazine groups is 1. The van der Waals surface area contributed by atoms with Crippen LogP contribution in [0.4, 0.5) is 9.18 Å². The van der Waals surface area contributed by atoms with E-state index in [0.717, 1.165) is 10.6 Å².